The van der Waals surface area contributed by atoms with Crippen molar-refractivity contribution < 1.29 is 53.1 Å². The molecule has 0 bridgehead atoms. The molecule has 0 aromatic heterocycles. The van der Waals surface area contributed by atoms with Crippen LogP contribution in [0.5, 0.6) is 0 Å². The number of thioether (sulfide) groups is 1. The molecule has 0 fully saturated rings. The van der Waals surface area contributed by atoms with Crippen LogP contribution in [0.15, 0.2) is 63.2 Å². The van der Waals surface area contributed by atoms with Gasteiger partial charge in [-0.3, -0.25) is 19.2 Å². The van der Waals surface area contributed by atoms with Gasteiger partial charge in [-0.25, -0.2) is 0 Å². The molecular formula is C50H73N5O11S. The van der Waals surface area contributed by atoms with E-state index in [-0.39, 0.29) is 71.9 Å². The maximum absolute atomic E-state index is 12.4. The number of anilines is 1. The number of nitriles is 2. The molecule has 1 heterocycles. The van der Waals surface area contributed by atoms with Gasteiger partial charge in [-0.05, 0) is 81.7 Å². The molecule has 1 aliphatic rings. The number of azo groups is 1. The minimum absolute atomic E-state index is 0.00377. The van der Waals surface area contributed by atoms with Gasteiger partial charge in [0.05, 0.1) is 81.0 Å². The molecule has 1 aromatic rings. The van der Waals surface area contributed by atoms with Crippen LogP contribution >= 0.6 is 11.8 Å². The van der Waals surface area contributed by atoms with Crippen molar-refractivity contribution in [2.75, 3.05) is 70.8 Å². The Kier molecular flexibility index (Phi) is 31.2. The fraction of sp³-hybridized carbons (Fsp3) is 0.640. The fourth-order valence-electron chi connectivity index (χ4n) is 6.84. The van der Waals surface area contributed by atoms with E-state index in [2.05, 4.69) is 41.1 Å². The van der Waals surface area contributed by atoms with Crippen molar-refractivity contribution in [3.8, 4) is 12.1 Å². The number of nitrogens with zero attached hydrogens (tertiary/aromatic N) is 5. The molecule has 16 nitrogen and oxygen atoms in total. The Balaban J connectivity index is 1.86. The van der Waals surface area contributed by atoms with Crippen LogP contribution in [0.4, 0.5) is 11.4 Å². The first-order chi connectivity index (χ1) is 32.4. The van der Waals surface area contributed by atoms with Gasteiger partial charge in [0.1, 0.15) is 30.6 Å². The molecule has 0 saturated heterocycles. The number of carboxylic acids is 2. The molecule has 0 saturated carbocycles. The Morgan fingerprint density at radius 3 is 1.75 bits per heavy atom. The van der Waals surface area contributed by atoms with Gasteiger partial charge in [-0.1, -0.05) is 88.4 Å². The van der Waals surface area contributed by atoms with Crippen LogP contribution in [0.2, 0.25) is 0 Å². The molecule has 0 aliphatic carbocycles. The van der Waals surface area contributed by atoms with Crippen LogP contribution in [0, 0.1) is 47.3 Å². The summed E-state index contributed by atoms with van der Waals surface area (Å²) in [6.45, 7) is 10.3. The topological polar surface area (TPSA) is 230 Å². The van der Waals surface area contributed by atoms with Crippen LogP contribution in [0.25, 0.3) is 0 Å². The Morgan fingerprint density at radius 2 is 1.24 bits per heavy atom. The zero-order valence-electron chi connectivity index (χ0n) is 40.0. The summed E-state index contributed by atoms with van der Waals surface area (Å²) in [6, 6.07) is 10.0. The second-order valence-corrected chi connectivity index (χ2v) is 17.4. The van der Waals surface area contributed by atoms with E-state index >= 15 is 0 Å². The molecule has 1 aromatic carbocycles. The van der Waals surface area contributed by atoms with Crippen LogP contribution in [0.3, 0.4) is 0 Å². The number of carbonyl (C=O) groups is 4. The zero-order chi connectivity index (χ0) is 49.1. The number of ether oxygens (including phenoxy) is 5. The predicted molar refractivity (Wildman–Crippen MR) is 258 cm³/mol. The summed E-state index contributed by atoms with van der Waals surface area (Å²) in [7, 11) is 0. The summed E-state index contributed by atoms with van der Waals surface area (Å²) in [5, 5.41) is 46.6. The first-order valence-corrected chi connectivity index (χ1v) is 24.6. The van der Waals surface area contributed by atoms with Crippen LogP contribution < -0.4 is 4.90 Å². The average Bonchev–Trinajstić information content (AvgIpc) is 3.62. The van der Waals surface area contributed by atoms with Crippen molar-refractivity contribution in [2.24, 2.45) is 28.0 Å². The SMILES string of the molecule is CCCCC/C=C/CC(CC(=O)OCCOCCN(CCOCCOCCOC(=O)CC(C/C=C/CCCCCCC)C(=O)O)c1ccc(/N=N/C2SC(C#N)=C(C)C2C#N)c(C)c1)C(=O)O. The first kappa shape index (κ1) is 58.1. The second kappa shape index (κ2) is 36.0. The third-order valence-corrected chi connectivity index (χ3v) is 12.2. The summed E-state index contributed by atoms with van der Waals surface area (Å²) in [5.74, 6) is -5.48. The number of carbonyl (C=O) groups excluding carboxylic acids is 2. The molecule has 1 aliphatic heterocycles. The van der Waals surface area contributed by atoms with Gasteiger partial charge in [-0.15, -0.1) is 0 Å². The molecular weight excluding hydrogens is 879 g/mol. The second-order valence-electron chi connectivity index (χ2n) is 16.3. The van der Waals surface area contributed by atoms with Crippen molar-refractivity contribution in [3.05, 3.63) is 58.5 Å². The molecule has 0 radical (unpaired) electrons. The first-order valence-electron chi connectivity index (χ1n) is 23.7. The molecule has 0 amide bonds. The number of carboxylic acid groups (broad SMARTS) is 2. The number of aryl methyl sites for hydroxylation is 1. The number of hydrogen-bond donors (Lipinski definition) is 2. The highest BCUT2D eigenvalue weighted by Crippen LogP contribution is 2.42. The summed E-state index contributed by atoms with van der Waals surface area (Å²) in [6.07, 6.45) is 18.6. The zero-order valence-corrected chi connectivity index (χ0v) is 40.9. The quantitative estimate of drug-likeness (QED) is 0.0272. The van der Waals surface area contributed by atoms with Gasteiger partial charge >= 0.3 is 23.9 Å². The number of esters is 2. The summed E-state index contributed by atoms with van der Waals surface area (Å²) >= 11 is 1.23. The number of benzene rings is 1. The van der Waals surface area contributed by atoms with Gasteiger partial charge in [0.25, 0.3) is 0 Å². The number of unbranched alkanes of at least 4 members (excludes halogenated alkanes) is 8. The minimum Gasteiger partial charge on any atom is -0.481 e. The number of allylic oxidation sites excluding steroid dienone is 5. The van der Waals surface area contributed by atoms with Crippen LogP contribution in [0.1, 0.15) is 116 Å². The van der Waals surface area contributed by atoms with E-state index in [1.54, 1.807) is 6.92 Å². The van der Waals surface area contributed by atoms with E-state index in [1.807, 2.05) is 49.4 Å². The van der Waals surface area contributed by atoms with Crippen LogP contribution in [-0.4, -0.2) is 105 Å². The van der Waals surface area contributed by atoms with Crippen LogP contribution in [-0.2, 0) is 42.9 Å². The molecule has 17 heteroatoms. The Labute approximate surface area is 401 Å². The molecule has 67 heavy (non-hydrogen) atoms. The third-order valence-electron chi connectivity index (χ3n) is 10.9. The lowest BCUT2D eigenvalue weighted by molar-refractivity contribution is -0.152. The number of hydrogen-bond acceptors (Lipinski definition) is 15. The standard InChI is InChI=1S/C50H73N5O11S/c1-5-7-9-11-13-14-16-18-20-41(50(60)61)35-47(57)66-32-30-64-28-27-62-25-23-55(24-26-63-29-31-65-46(56)34-40(49(58)59)19-17-15-12-10-8-6-2)42-21-22-44(38(3)33-42)53-54-48-43(36-51)39(4)45(37-52)67-48/h15-18,21-22,33,40-41,43,48H,5-14,19-20,23-32,34-35H2,1-4H3,(H,58,59)(H,60,61)/b17-15+,18-16+,54-53+. The van der Waals surface area contributed by atoms with E-state index in [4.69, 9.17) is 23.7 Å². The van der Waals surface area contributed by atoms with Gasteiger partial charge in [-0.2, -0.15) is 20.8 Å². The van der Waals surface area contributed by atoms with Gasteiger partial charge < -0.3 is 38.8 Å². The van der Waals surface area contributed by atoms with E-state index in [1.165, 1.54) is 31.0 Å². The average molecular weight is 952 g/mol. The highest BCUT2D eigenvalue weighted by molar-refractivity contribution is 8.04. The van der Waals surface area contributed by atoms with E-state index in [0.29, 0.717) is 35.9 Å². The normalized spacial score (nSPS) is 15.8. The largest absolute Gasteiger partial charge is 0.481 e. The fourth-order valence-corrected chi connectivity index (χ4v) is 7.94. The van der Waals surface area contributed by atoms with Gasteiger partial charge in [0.15, 0.2) is 0 Å². The van der Waals surface area contributed by atoms with E-state index < -0.39 is 47.0 Å². The predicted octanol–water partition coefficient (Wildman–Crippen LogP) is 10.0. The highest BCUT2D eigenvalue weighted by atomic mass is 32.2. The summed E-state index contributed by atoms with van der Waals surface area (Å²) in [4.78, 5) is 50.7. The van der Waals surface area contributed by atoms with Gasteiger partial charge in [0, 0.05) is 18.8 Å². The molecule has 4 atom stereocenters. The van der Waals surface area contributed by atoms with E-state index in [9.17, 15) is 39.9 Å². The molecule has 0 spiro atoms. The van der Waals surface area contributed by atoms with Crippen molar-refractivity contribution in [3.63, 3.8) is 0 Å². The Hall–Kier alpha value is -5.07. The molecule has 370 valence electrons. The van der Waals surface area contributed by atoms with Gasteiger partial charge in [0.2, 0.25) is 0 Å². The lowest BCUT2D eigenvalue weighted by Crippen LogP contribution is -2.31. The lowest BCUT2D eigenvalue weighted by Gasteiger charge is -2.25. The molecule has 2 rings (SSSR count). The van der Waals surface area contributed by atoms with E-state index in [0.717, 1.165) is 56.2 Å². The Morgan fingerprint density at radius 1 is 0.731 bits per heavy atom. The highest BCUT2D eigenvalue weighted by Gasteiger charge is 2.34. The minimum atomic E-state index is -1.04. The van der Waals surface area contributed by atoms with Crippen molar-refractivity contribution in [1.29, 1.82) is 10.5 Å². The maximum Gasteiger partial charge on any atom is 0.307 e. The maximum atomic E-state index is 12.4. The Bertz CT molecular complexity index is 1860. The molecule has 4 unspecified atom stereocenters. The smallest absolute Gasteiger partial charge is 0.307 e. The van der Waals surface area contributed by atoms with Crippen molar-refractivity contribution in [2.45, 2.75) is 123 Å². The third kappa shape index (κ3) is 25.0. The van der Waals surface area contributed by atoms with Crippen molar-refractivity contribution >= 4 is 47.0 Å². The molecule has 2 N–H and O–H groups in total. The summed E-state index contributed by atoms with van der Waals surface area (Å²) in [5.41, 5.74) is 3.01. The monoisotopic (exact) mass is 952 g/mol. The number of aliphatic carboxylic acids is 2. The summed E-state index contributed by atoms with van der Waals surface area (Å²) < 4.78 is 27.7. The van der Waals surface area contributed by atoms with Crippen molar-refractivity contribution in [1.82, 2.24) is 0 Å². The lowest BCUT2D eigenvalue weighted by atomic mass is 10.0. The number of rotatable bonds is 38.